The van der Waals surface area contributed by atoms with Crippen molar-refractivity contribution in [3.8, 4) is 0 Å². The van der Waals surface area contributed by atoms with Gasteiger partial charge < -0.3 is 5.32 Å². The first kappa shape index (κ1) is 12.8. The van der Waals surface area contributed by atoms with Gasteiger partial charge in [0, 0.05) is 16.2 Å². The molecule has 2 rings (SSSR count). The molecule has 0 spiro atoms. The van der Waals surface area contributed by atoms with Crippen LogP contribution in [0.25, 0.3) is 0 Å². The van der Waals surface area contributed by atoms with E-state index < -0.39 is 0 Å². The summed E-state index contributed by atoms with van der Waals surface area (Å²) in [4.78, 5) is 14.2. The molecule has 0 bridgehead atoms. The Morgan fingerprint density at radius 3 is 2.61 bits per heavy atom. The second-order valence-electron chi connectivity index (χ2n) is 4.27. The van der Waals surface area contributed by atoms with E-state index in [4.69, 9.17) is 0 Å². The largest absolute Gasteiger partial charge is 0.351 e. The van der Waals surface area contributed by atoms with Crippen molar-refractivity contribution in [3.63, 3.8) is 0 Å². The van der Waals surface area contributed by atoms with Crippen LogP contribution < -0.4 is 5.32 Å². The van der Waals surface area contributed by atoms with E-state index in [2.05, 4.69) is 36.5 Å². The highest BCUT2D eigenvalue weighted by Gasteiger charge is 2.03. The van der Waals surface area contributed by atoms with Crippen LogP contribution in [0.15, 0.2) is 42.5 Å². The van der Waals surface area contributed by atoms with Gasteiger partial charge in [0.1, 0.15) is 0 Å². The molecule has 0 unspecified atom stereocenters. The van der Waals surface area contributed by atoms with E-state index in [-0.39, 0.29) is 5.91 Å². The lowest BCUT2D eigenvalue weighted by molar-refractivity contribution is -0.121. The fourth-order valence-electron chi connectivity index (χ4n) is 1.76. The number of benzene rings is 1. The number of hydrogen-bond acceptors (Lipinski definition) is 2. The lowest BCUT2D eigenvalue weighted by atomic mass is 10.1. The third-order valence-electron chi connectivity index (χ3n) is 2.74. The number of amides is 1. The first-order valence-corrected chi connectivity index (χ1v) is 6.91. The number of rotatable bonds is 5. The second-order valence-corrected chi connectivity index (χ2v) is 5.65. The van der Waals surface area contributed by atoms with Crippen LogP contribution in [0.4, 0.5) is 0 Å². The Labute approximate surface area is 112 Å². The Bertz CT molecular complexity index is 504. The van der Waals surface area contributed by atoms with Gasteiger partial charge in [-0.15, -0.1) is 11.3 Å². The van der Waals surface area contributed by atoms with Crippen molar-refractivity contribution >= 4 is 17.2 Å². The maximum atomic E-state index is 11.7. The summed E-state index contributed by atoms with van der Waals surface area (Å²) in [5.74, 6) is 0.116. The fourth-order valence-corrected chi connectivity index (χ4v) is 2.59. The highest BCUT2D eigenvalue weighted by molar-refractivity contribution is 7.11. The number of thiophene rings is 1. The molecule has 1 amide bonds. The summed E-state index contributed by atoms with van der Waals surface area (Å²) in [6.07, 6.45) is 1.35. The molecule has 0 radical (unpaired) electrons. The average molecular weight is 259 g/mol. The summed E-state index contributed by atoms with van der Waals surface area (Å²) in [7, 11) is 0. The molecule has 0 aliphatic rings. The van der Waals surface area contributed by atoms with Gasteiger partial charge in [-0.3, -0.25) is 4.79 Å². The van der Waals surface area contributed by atoms with Gasteiger partial charge in [0.15, 0.2) is 0 Å². The Hall–Kier alpha value is -1.61. The molecule has 0 aliphatic carbocycles. The molecule has 0 fully saturated rings. The van der Waals surface area contributed by atoms with Gasteiger partial charge >= 0.3 is 0 Å². The topological polar surface area (TPSA) is 29.1 Å². The zero-order valence-corrected chi connectivity index (χ0v) is 11.3. The summed E-state index contributed by atoms with van der Waals surface area (Å²) in [6.45, 7) is 2.72. The first-order valence-electron chi connectivity index (χ1n) is 6.10. The number of nitrogens with one attached hydrogen (secondary N) is 1. The van der Waals surface area contributed by atoms with E-state index in [1.54, 1.807) is 11.3 Å². The molecular formula is C15H17NOS. The minimum absolute atomic E-state index is 0.116. The van der Waals surface area contributed by atoms with E-state index in [0.29, 0.717) is 13.0 Å². The number of carbonyl (C=O) groups is 1. The smallest absolute Gasteiger partial charge is 0.220 e. The Balaban J connectivity index is 1.73. The second kappa shape index (κ2) is 6.36. The predicted octanol–water partition coefficient (Wildman–Crippen LogP) is 3.31. The highest BCUT2D eigenvalue weighted by atomic mass is 32.1. The zero-order chi connectivity index (χ0) is 12.8. The Morgan fingerprint density at radius 1 is 1.17 bits per heavy atom. The van der Waals surface area contributed by atoms with Crippen LogP contribution in [0.2, 0.25) is 0 Å². The fraction of sp³-hybridized carbons (Fsp3) is 0.267. The van der Waals surface area contributed by atoms with Gasteiger partial charge in [0.05, 0.1) is 6.54 Å². The highest BCUT2D eigenvalue weighted by Crippen LogP contribution is 2.14. The third-order valence-corrected chi connectivity index (χ3v) is 3.74. The van der Waals surface area contributed by atoms with Crippen molar-refractivity contribution < 1.29 is 4.79 Å². The molecular weight excluding hydrogens is 242 g/mol. The zero-order valence-electron chi connectivity index (χ0n) is 10.5. The average Bonchev–Trinajstić information content (AvgIpc) is 2.81. The first-order chi connectivity index (χ1) is 8.74. The quantitative estimate of drug-likeness (QED) is 0.877. The minimum atomic E-state index is 0.116. The summed E-state index contributed by atoms with van der Waals surface area (Å²) < 4.78 is 0. The van der Waals surface area contributed by atoms with Gasteiger partial charge in [-0.05, 0) is 31.0 Å². The van der Waals surface area contributed by atoms with Gasteiger partial charge in [0.25, 0.3) is 0 Å². The monoisotopic (exact) mass is 259 g/mol. The molecule has 3 heteroatoms. The lowest BCUT2D eigenvalue weighted by Crippen LogP contribution is -2.22. The van der Waals surface area contributed by atoms with Gasteiger partial charge in [-0.25, -0.2) is 0 Å². The summed E-state index contributed by atoms with van der Waals surface area (Å²) in [5.41, 5.74) is 1.21. The van der Waals surface area contributed by atoms with E-state index in [9.17, 15) is 4.79 Å². The van der Waals surface area contributed by atoms with Gasteiger partial charge in [-0.1, -0.05) is 30.3 Å². The molecule has 2 aromatic rings. The van der Waals surface area contributed by atoms with Crippen LogP contribution >= 0.6 is 11.3 Å². The molecule has 1 aromatic heterocycles. The van der Waals surface area contributed by atoms with Gasteiger partial charge in [-0.2, -0.15) is 0 Å². The molecule has 1 aromatic carbocycles. The van der Waals surface area contributed by atoms with E-state index >= 15 is 0 Å². The van der Waals surface area contributed by atoms with Crippen molar-refractivity contribution in [3.05, 3.63) is 57.8 Å². The maximum Gasteiger partial charge on any atom is 0.220 e. The summed E-state index contributed by atoms with van der Waals surface area (Å²) in [6, 6.07) is 14.2. The van der Waals surface area contributed by atoms with E-state index in [0.717, 1.165) is 6.42 Å². The van der Waals surface area contributed by atoms with Crippen LogP contribution in [0, 0.1) is 6.92 Å². The van der Waals surface area contributed by atoms with E-state index in [1.165, 1.54) is 15.3 Å². The lowest BCUT2D eigenvalue weighted by Gasteiger charge is -2.03. The van der Waals surface area contributed by atoms with Crippen molar-refractivity contribution in [1.82, 2.24) is 5.32 Å². The summed E-state index contributed by atoms with van der Waals surface area (Å²) in [5, 5.41) is 2.95. The van der Waals surface area contributed by atoms with Crippen LogP contribution in [0.3, 0.4) is 0 Å². The summed E-state index contributed by atoms with van der Waals surface area (Å²) >= 11 is 1.73. The predicted molar refractivity (Wildman–Crippen MR) is 75.7 cm³/mol. The van der Waals surface area contributed by atoms with Crippen molar-refractivity contribution in [2.75, 3.05) is 0 Å². The Kier molecular flexibility index (Phi) is 4.53. The molecule has 18 heavy (non-hydrogen) atoms. The molecule has 0 saturated carbocycles. The van der Waals surface area contributed by atoms with Crippen LogP contribution in [0.5, 0.6) is 0 Å². The SMILES string of the molecule is Cc1ccc(CNC(=O)CCc2ccccc2)s1. The molecule has 94 valence electrons. The number of carbonyl (C=O) groups excluding carboxylic acids is 1. The standard InChI is InChI=1S/C15H17NOS/c1-12-7-9-14(18-12)11-16-15(17)10-8-13-5-3-2-4-6-13/h2-7,9H,8,10-11H2,1H3,(H,16,17). The molecule has 2 nitrogen and oxygen atoms in total. The maximum absolute atomic E-state index is 11.7. The van der Waals surface area contributed by atoms with Crippen molar-refractivity contribution in [1.29, 1.82) is 0 Å². The number of aryl methyl sites for hydroxylation is 2. The van der Waals surface area contributed by atoms with Crippen molar-refractivity contribution in [2.24, 2.45) is 0 Å². The molecule has 1 heterocycles. The Morgan fingerprint density at radius 2 is 1.94 bits per heavy atom. The van der Waals surface area contributed by atoms with Crippen LogP contribution in [-0.2, 0) is 17.8 Å². The number of hydrogen-bond donors (Lipinski definition) is 1. The molecule has 0 atom stereocenters. The van der Waals surface area contributed by atoms with Crippen LogP contribution in [-0.4, -0.2) is 5.91 Å². The molecule has 1 N–H and O–H groups in total. The molecule has 0 saturated heterocycles. The molecule has 0 aliphatic heterocycles. The normalized spacial score (nSPS) is 10.3. The third kappa shape index (κ3) is 4.00. The van der Waals surface area contributed by atoms with Crippen LogP contribution in [0.1, 0.15) is 21.7 Å². The van der Waals surface area contributed by atoms with E-state index in [1.807, 2.05) is 18.2 Å². The van der Waals surface area contributed by atoms with Gasteiger partial charge in [0.2, 0.25) is 5.91 Å². The minimum Gasteiger partial charge on any atom is -0.351 e. The van der Waals surface area contributed by atoms with Crippen molar-refractivity contribution in [2.45, 2.75) is 26.3 Å².